The summed E-state index contributed by atoms with van der Waals surface area (Å²) in [5.41, 5.74) is 0. The Labute approximate surface area is 540 Å². The monoisotopic (exact) mass is 1240 g/mol. The van der Waals surface area contributed by atoms with Crippen LogP contribution in [-0.4, -0.2) is 68.5 Å². The number of unbranched alkanes of at least 4 members (excludes halogenated alkanes) is 62. The minimum Gasteiger partial charge on any atom is -0.756 e. The fourth-order valence-electron chi connectivity index (χ4n) is 12.8. The zero-order valence-electron chi connectivity index (χ0n) is 59.3. The van der Waals surface area contributed by atoms with Gasteiger partial charge in [0, 0.05) is 6.42 Å². The highest BCUT2D eigenvalue weighted by Gasteiger charge is 2.24. The second-order valence-electron chi connectivity index (χ2n) is 28.8. The molecule has 86 heavy (non-hydrogen) atoms. The topological polar surface area (TPSA) is 108 Å². The average molecular weight is 1240 g/mol. The van der Waals surface area contributed by atoms with Crippen LogP contribution in [0.4, 0.5) is 0 Å². The van der Waals surface area contributed by atoms with Gasteiger partial charge in [0.25, 0.3) is 7.82 Å². The summed E-state index contributed by atoms with van der Waals surface area (Å²) in [6.45, 7) is 4.81. The van der Waals surface area contributed by atoms with E-state index < -0.39 is 20.0 Å². The molecule has 0 bridgehead atoms. The van der Waals surface area contributed by atoms with Crippen LogP contribution in [0.25, 0.3) is 0 Å². The van der Waals surface area contributed by atoms with Crippen molar-refractivity contribution >= 4 is 13.7 Å². The number of rotatable bonds is 75. The Morgan fingerprint density at radius 1 is 0.360 bits per heavy atom. The van der Waals surface area contributed by atoms with Gasteiger partial charge in [-0.2, -0.15) is 0 Å². The summed E-state index contributed by atoms with van der Waals surface area (Å²) in [7, 11) is 1.33. The van der Waals surface area contributed by atoms with Crippen molar-refractivity contribution in [2.24, 2.45) is 0 Å². The second-order valence-corrected chi connectivity index (χ2v) is 30.2. The minimum absolute atomic E-state index is 0.0171. The third-order valence-electron chi connectivity index (χ3n) is 18.8. The van der Waals surface area contributed by atoms with E-state index in [4.69, 9.17) is 9.05 Å². The van der Waals surface area contributed by atoms with Crippen molar-refractivity contribution in [2.45, 2.75) is 450 Å². The third kappa shape index (κ3) is 70.9. The van der Waals surface area contributed by atoms with E-state index in [0.717, 1.165) is 38.5 Å². The number of phosphoric acid groups is 1. The molecule has 0 aromatic carbocycles. The summed E-state index contributed by atoms with van der Waals surface area (Å²) < 4.78 is 23.6. The van der Waals surface area contributed by atoms with Crippen molar-refractivity contribution in [1.82, 2.24) is 5.32 Å². The maximum Gasteiger partial charge on any atom is 0.268 e. The van der Waals surface area contributed by atoms with Crippen LogP contribution in [0.15, 0.2) is 0 Å². The normalized spacial score (nSPS) is 13.4. The Morgan fingerprint density at radius 3 is 0.791 bits per heavy atom. The van der Waals surface area contributed by atoms with Gasteiger partial charge in [-0.3, -0.25) is 9.36 Å². The largest absolute Gasteiger partial charge is 0.756 e. The molecular formula is C77H157N2O6P. The van der Waals surface area contributed by atoms with E-state index in [1.807, 2.05) is 21.1 Å². The fourth-order valence-corrected chi connectivity index (χ4v) is 13.5. The number of nitrogens with one attached hydrogen (secondary N) is 1. The van der Waals surface area contributed by atoms with Crippen molar-refractivity contribution in [1.29, 1.82) is 0 Å². The van der Waals surface area contributed by atoms with Crippen LogP contribution in [0.5, 0.6) is 0 Å². The molecule has 0 aliphatic heterocycles. The van der Waals surface area contributed by atoms with Crippen molar-refractivity contribution in [3.63, 3.8) is 0 Å². The standard InChI is InChI=1S/C77H157N2O6P/c1-6-8-10-12-14-16-18-20-22-24-26-28-30-32-34-35-36-37-38-39-40-41-42-43-45-47-49-51-53-55-57-59-61-63-65-67-69-71-77(81)78-75(74-85-86(82,83)84-73-72-79(3,4)5)76(80)70-68-66-64-62-60-58-56-54-52-50-48-46-44-33-31-29-27-25-23-21-19-17-15-13-11-9-7-2/h75-76,80H,6-74H2,1-5H3,(H-,78,81,82,83). The van der Waals surface area contributed by atoms with Gasteiger partial charge in [0.05, 0.1) is 39.9 Å². The summed E-state index contributed by atoms with van der Waals surface area (Å²) in [5, 5.41) is 14.1. The maximum atomic E-state index is 13.1. The van der Waals surface area contributed by atoms with Crippen LogP contribution in [0.1, 0.15) is 438 Å². The number of phosphoric ester groups is 1. The van der Waals surface area contributed by atoms with E-state index in [2.05, 4.69) is 19.2 Å². The van der Waals surface area contributed by atoms with Gasteiger partial charge in [-0.05, 0) is 12.8 Å². The van der Waals surface area contributed by atoms with Gasteiger partial charge in [0.2, 0.25) is 5.91 Å². The number of amides is 1. The molecule has 0 spiro atoms. The molecule has 3 atom stereocenters. The maximum absolute atomic E-state index is 13.1. The molecule has 0 heterocycles. The van der Waals surface area contributed by atoms with Crippen molar-refractivity contribution < 1.29 is 32.9 Å². The molecular weight excluding hydrogens is 1080 g/mol. The summed E-state index contributed by atoms with van der Waals surface area (Å²) in [6.07, 6.45) is 88.0. The predicted molar refractivity (Wildman–Crippen MR) is 376 cm³/mol. The molecule has 0 aromatic rings. The van der Waals surface area contributed by atoms with Gasteiger partial charge in [0.15, 0.2) is 0 Å². The van der Waals surface area contributed by atoms with Crippen LogP contribution < -0.4 is 10.2 Å². The lowest BCUT2D eigenvalue weighted by Crippen LogP contribution is -2.46. The molecule has 1 amide bonds. The first-order chi connectivity index (χ1) is 42.0. The van der Waals surface area contributed by atoms with Crippen molar-refractivity contribution in [2.75, 3.05) is 40.9 Å². The molecule has 3 unspecified atom stereocenters. The Hall–Kier alpha value is -0.500. The molecule has 0 radical (unpaired) electrons. The lowest BCUT2D eigenvalue weighted by Gasteiger charge is -2.30. The Balaban J connectivity index is 3.88. The van der Waals surface area contributed by atoms with Crippen LogP contribution in [0, 0.1) is 0 Å². The molecule has 0 saturated carbocycles. The van der Waals surface area contributed by atoms with Crippen LogP contribution in [-0.2, 0) is 18.4 Å². The van der Waals surface area contributed by atoms with E-state index in [-0.39, 0.29) is 19.1 Å². The predicted octanol–water partition coefficient (Wildman–Crippen LogP) is 24.8. The number of nitrogens with zero attached hydrogens (tertiary/aromatic N) is 1. The third-order valence-corrected chi connectivity index (χ3v) is 19.8. The molecule has 0 aliphatic rings. The molecule has 0 aromatic heterocycles. The number of likely N-dealkylation sites (N-methyl/N-ethyl adjacent to an activating group) is 1. The Bertz CT molecular complexity index is 1360. The first-order valence-corrected chi connectivity index (χ1v) is 40.8. The molecule has 0 saturated heterocycles. The number of carbonyl (C=O) groups excluding carboxylic acids is 1. The second kappa shape index (κ2) is 68.9. The van der Waals surface area contributed by atoms with Crippen molar-refractivity contribution in [3.05, 3.63) is 0 Å². The zero-order valence-corrected chi connectivity index (χ0v) is 60.2. The van der Waals surface area contributed by atoms with Gasteiger partial charge < -0.3 is 28.8 Å². The fraction of sp³-hybridized carbons (Fsp3) is 0.987. The summed E-state index contributed by atoms with van der Waals surface area (Å²) in [5.74, 6) is -0.152. The van der Waals surface area contributed by atoms with E-state index in [0.29, 0.717) is 23.9 Å². The molecule has 516 valence electrons. The van der Waals surface area contributed by atoms with Gasteiger partial charge >= 0.3 is 0 Å². The SMILES string of the molecule is CCCCCCCCCCCCCCCCCCCCCCCCCCCCCCCCCCCCCCCC(=O)NC(COP(=O)([O-])OCC[N+](C)(C)C)C(O)CCCCCCCCCCCCCCCCCCCCCCCCCCCCC. The lowest BCUT2D eigenvalue weighted by atomic mass is 10.0. The van der Waals surface area contributed by atoms with Crippen LogP contribution in [0.2, 0.25) is 0 Å². The quantitative estimate of drug-likeness (QED) is 0.0357. The lowest BCUT2D eigenvalue weighted by molar-refractivity contribution is -0.870. The molecule has 0 aliphatic carbocycles. The Morgan fingerprint density at radius 2 is 0.570 bits per heavy atom. The highest BCUT2D eigenvalue weighted by molar-refractivity contribution is 7.45. The first kappa shape index (κ1) is 85.5. The molecule has 2 N–H and O–H groups in total. The number of quaternary nitrogens is 1. The Kier molecular flexibility index (Phi) is 68.5. The van der Waals surface area contributed by atoms with Crippen LogP contribution >= 0.6 is 7.82 Å². The molecule has 8 nitrogen and oxygen atoms in total. The first-order valence-electron chi connectivity index (χ1n) is 39.4. The van der Waals surface area contributed by atoms with Gasteiger partial charge in [-0.1, -0.05) is 418 Å². The zero-order chi connectivity index (χ0) is 62.6. The number of carbonyl (C=O) groups is 1. The summed E-state index contributed by atoms with van der Waals surface area (Å²) >= 11 is 0. The van der Waals surface area contributed by atoms with E-state index in [9.17, 15) is 19.4 Å². The summed E-state index contributed by atoms with van der Waals surface area (Å²) in [6, 6.07) is -0.798. The van der Waals surface area contributed by atoms with Gasteiger partial charge in [-0.25, -0.2) is 0 Å². The highest BCUT2D eigenvalue weighted by Crippen LogP contribution is 2.38. The number of hydrogen-bond donors (Lipinski definition) is 2. The number of aliphatic hydroxyl groups is 1. The number of aliphatic hydroxyl groups excluding tert-OH is 1. The highest BCUT2D eigenvalue weighted by atomic mass is 31.2. The minimum atomic E-state index is -4.58. The number of hydrogen-bond acceptors (Lipinski definition) is 6. The average Bonchev–Trinajstić information content (AvgIpc) is 3.70. The van der Waals surface area contributed by atoms with Gasteiger partial charge in [0.1, 0.15) is 13.2 Å². The smallest absolute Gasteiger partial charge is 0.268 e. The molecule has 0 fully saturated rings. The van der Waals surface area contributed by atoms with E-state index in [1.165, 1.54) is 372 Å². The van der Waals surface area contributed by atoms with E-state index in [1.54, 1.807) is 0 Å². The summed E-state index contributed by atoms with van der Waals surface area (Å²) in [4.78, 5) is 25.7. The van der Waals surface area contributed by atoms with Gasteiger partial charge in [-0.15, -0.1) is 0 Å². The van der Waals surface area contributed by atoms with Crippen LogP contribution in [0.3, 0.4) is 0 Å². The molecule has 0 rings (SSSR count). The van der Waals surface area contributed by atoms with E-state index >= 15 is 0 Å². The molecule has 9 heteroatoms. The van der Waals surface area contributed by atoms with Crippen molar-refractivity contribution in [3.8, 4) is 0 Å².